The number of para-hydroxylation sites is 8. The molecule has 452 valence electrons. The lowest BCUT2D eigenvalue weighted by Crippen LogP contribution is -2.61. The zero-order chi connectivity index (χ0) is 63.8. The highest BCUT2D eigenvalue weighted by atomic mass is 15.2. The Balaban J connectivity index is 0.812. The van der Waals surface area contributed by atoms with Gasteiger partial charge in [-0.3, -0.25) is 0 Å². The average molecular weight is 1240 g/mol. The Labute approximate surface area is 566 Å². The van der Waals surface area contributed by atoms with Crippen molar-refractivity contribution in [3.05, 3.63) is 340 Å². The maximum absolute atomic E-state index is 2.59. The zero-order valence-electron chi connectivity index (χ0n) is 53.2. The van der Waals surface area contributed by atoms with Gasteiger partial charge in [0.25, 0.3) is 13.4 Å². The average Bonchev–Trinajstić information content (AvgIpc) is 0.824. The van der Waals surface area contributed by atoms with Crippen LogP contribution in [0.1, 0.15) is 0 Å². The number of fused-ring (bicyclic) bond motifs is 20. The van der Waals surface area contributed by atoms with E-state index in [1.807, 2.05) is 0 Å². The van der Waals surface area contributed by atoms with Gasteiger partial charge in [0.15, 0.2) is 0 Å². The minimum Gasteiger partial charge on any atom is -0.311 e. The molecule has 0 unspecified atom stereocenters. The summed E-state index contributed by atoms with van der Waals surface area (Å²) < 4.78 is 4.92. The Morgan fingerprint density at radius 1 is 0.163 bits per heavy atom. The molecular weight excluding hydrogens is 1190 g/mol. The second kappa shape index (κ2) is 20.4. The Bertz CT molecular complexity index is 5930. The molecule has 0 aliphatic carbocycles. The first kappa shape index (κ1) is 53.6. The van der Waals surface area contributed by atoms with Gasteiger partial charge in [-0.05, 0) is 199 Å². The summed E-state index contributed by atoms with van der Waals surface area (Å²) in [6.45, 7) is -0.227. The van der Waals surface area contributed by atoms with Crippen molar-refractivity contribution in [3.8, 4) is 11.4 Å². The van der Waals surface area contributed by atoms with Gasteiger partial charge in [-0.15, -0.1) is 0 Å². The third kappa shape index (κ3) is 7.38. The third-order valence-electron chi connectivity index (χ3n) is 21.8. The molecule has 4 aliphatic heterocycles. The SMILES string of the molecule is c1ccc(N2c3cc(-n4c5ccccc5c5ccccc54)ccc3B3c4cc5c6ccccc6c6cc7c(cc6c5cc4N(c4ccccc4)c4cccc2c43)N(c2ccccc2)c2cccc3c2B7c2ccc(-n4c5ccccc5c5ccccc54)cc2N3c2ccccc2)cc1. The molecule has 6 nitrogen and oxygen atoms in total. The third-order valence-corrected chi connectivity index (χ3v) is 21.8. The van der Waals surface area contributed by atoms with Gasteiger partial charge < -0.3 is 28.7 Å². The molecule has 98 heavy (non-hydrogen) atoms. The molecule has 0 spiro atoms. The van der Waals surface area contributed by atoms with Crippen molar-refractivity contribution in [1.82, 2.24) is 9.13 Å². The summed E-state index contributed by atoms with van der Waals surface area (Å²) in [6.07, 6.45) is 0. The lowest BCUT2D eigenvalue weighted by Gasteiger charge is -2.44. The number of aromatic nitrogens is 2. The Kier molecular flexibility index (Phi) is 11.1. The van der Waals surface area contributed by atoms with E-state index < -0.39 is 0 Å². The van der Waals surface area contributed by atoms with Crippen molar-refractivity contribution >= 4 is 190 Å². The summed E-state index contributed by atoms with van der Waals surface area (Å²) >= 11 is 0. The van der Waals surface area contributed by atoms with E-state index in [0.717, 1.165) is 34.1 Å². The number of hydrogen-bond acceptors (Lipinski definition) is 4. The summed E-state index contributed by atoms with van der Waals surface area (Å²) in [6, 6.07) is 128. The molecule has 0 atom stereocenters. The van der Waals surface area contributed by atoms with Crippen LogP contribution >= 0.6 is 0 Å². The van der Waals surface area contributed by atoms with Gasteiger partial charge in [-0.2, -0.15) is 0 Å². The number of nitrogens with zero attached hydrogens (tertiary/aromatic N) is 6. The Morgan fingerprint density at radius 3 is 0.745 bits per heavy atom. The molecule has 22 rings (SSSR count). The van der Waals surface area contributed by atoms with Crippen LogP contribution < -0.4 is 52.4 Å². The summed E-state index contributed by atoms with van der Waals surface area (Å²) in [5.74, 6) is 0. The van der Waals surface area contributed by atoms with E-state index in [2.05, 4.69) is 368 Å². The highest BCUT2D eigenvalue weighted by molar-refractivity contribution is 7.01. The number of anilines is 12. The maximum atomic E-state index is 2.59. The van der Waals surface area contributed by atoms with Crippen LogP contribution in [0.25, 0.3) is 87.3 Å². The Hall–Kier alpha value is -12.8. The lowest BCUT2D eigenvalue weighted by atomic mass is 9.33. The van der Waals surface area contributed by atoms with E-state index in [9.17, 15) is 0 Å². The molecule has 0 amide bonds. The molecular formula is C90H56B2N6. The van der Waals surface area contributed by atoms with Crippen molar-refractivity contribution in [2.75, 3.05) is 19.6 Å². The van der Waals surface area contributed by atoms with Gasteiger partial charge >= 0.3 is 0 Å². The fourth-order valence-electron chi connectivity index (χ4n) is 17.9. The normalized spacial score (nSPS) is 13.4. The lowest BCUT2D eigenvalue weighted by molar-refractivity contribution is 1.17. The van der Waals surface area contributed by atoms with Crippen LogP contribution in [0.2, 0.25) is 0 Å². The van der Waals surface area contributed by atoms with Gasteiger partial charge in [-0.1, -0.05) is 206 Å². The van der Waals surface area contributed by atoms with Crippen molar-refractivity contribution in [3.63, 3.8) is 0 Å². The van der Waals surface area contributed by atoms with Crippen LogP contribution in [0.5, 0.6) is 0 Å². The molecule has 8 heteroatoms. The highest BCUT2D eigenvalue weighted by Gasteiger charge is 2.46. The molecule has 2 aromatic heterocycles. The monoisotopic (exact) mass is 1240 g/mol. The molecule has 0 radical (unpaired) electrons. The predicted molar refractivity (Wildman–Crippen MR) is 416 cm³/mol. The molecule has 4 aliphatic rings. The summed E-state index contributed by atoms with van der Waals surface area (Å²) in [5.41, 5.74) is 28.5. The van der Waals surface area contributed by atoms with Crippen LogP contribution in [0.4, 0.5) is 68.2 Å². The van der Waals surface area contributed by atoms with Crippen molar-refractivity contribution < 1.29 is 0 Å². The van der Waals surface area contributed by atoms with Crippen molar-refractivity contribution in [2.24, 2.45) is 0 Å². The Morgan fingerprint density at radius 2 is 0.429 bits per heavy atom. The first-order valence-corrected chi connectivity index (χ1v) is 34.1. The predicted octanol–water partition coefficient (Wildman–Crippen LogP) is 19.5. The van der Waals surface area contributed by atoms with E-state index in [1.165, 1.54) is 154 Å². The zero-order valence-corrected chi connectivity index (χ0v) is 53.2. The number of benzene rings is 16. The first-order chi connectivity index (χ1) is 48.7. The van der Waals surface area contributed by atoms with E-state index in [1.54, 1.807) is 0 Å². The second-order valence-corrected chi connectivity index (χ2v) is 26.7. The second-order valence-electron chi connectivity index (χ2n) is 26.7. The minimum absolute atomic E-state index is 0.114. The molecule has 0 fully saturated rings. The number of hydrogen-bond donors (Lipinski definition) is 0. The maximum Gasteiger partial charge on any atom is 0.252 e. The van der Waals surface area contributed by atoms with Crippen LogP contribution in [0, 0.1) is 0 Å². The largest absolute Gasteiger partial charge is 0.311 e. The van der Waals surface area contributed by atoms with Crippen molar-refractivity contribution in [2.45, 2.75) is 0 Å². The van der Waals surface area contributed by atoms with E-state index in [4.69, 9.17) is 0 Å². The standard InChI is InChI=1S/C90H56B2N6/c1-5-25-57(26-6-1)93-81-43-23-45-83-89(81)91(73-49-47-61(51-85(73)93)97-77-39-19-15-35-65(77)66-36-16-20-40-78(66)97)75-53-69-63-33-13-14-34-64(63)70-54-76-88(56-72(70)71(69)55-87(75)95(83)59-29-9-3-10-30-59)96(60-31-11-4-12-32-60)84-46-24-44-82-90(84)92(76)74-50-48-62(52-86(74)94(82)58-27-7-2-8-28-58)98-79-41-21-17-37-67(79)68-38-18-22-42-80(68)98/h1-56H. The van der Waals surface area contributed by atoms with Gasteiger partial charge in [0, 0.05) is 101 Å². The first-order valence-electron chi connectivity index (χ1n) is 34.1. The van der Waals surface area contributed by atoms with Crippen LogP contribution in [0.15, 0.2) is 340 Å². The highest BCUT2D eigenvalue weighted by Crippen LogP contribution is 2.50. The summed E-state index contributed by atoms with van der Waals surface area (Å²) in [5, 5.41) is 12.4. The fourth-order valence-corrected chi connectivity index (χ4v) is 17.9. The summed E-state index contributed by atoms with van der Waals surface area (Å²) in [7, 11) is 0. The van der Waals surface area contributed by atoms with Gasteiger partial charge in [-0.25, -0.2) is 0 Å². The van der Waals surface area contributed by atoms with E-state index in [0.29, 0.717) is 0 Å². The topological polar surface area (TPSA) is 22.8 Å². The number of rotatable bonds is 6. The molecule has 0 saturated carbocycles. The van der Waals surface area contributed by atoms with Gasteiger partial charge in [0.2, 0.25) is 0 Å². The van der Waals surface area contributed by atoms with Crippen LogP contribution in [-0.2, 0) is 0 Å². The minimum atomic E-state index is -0.114. The van der Waals surface area contributed by atoms with Gasteiger partial charge in [0.1, 0.15) is 0 Å². The molecule has 0 saturated heterocycles. The smallest absolute Gasteiger partial charge is 0.252 e. The van der Waals surface area contributed by atoms with Crippen LogP contribution in [0.3, 0.4) is 0 Å². The molecule has 18 aromatic rings. The van der Waals surface area contributed by atoms with Gasteiger partial charge in [0.05, 0.1) is 22.1 Å². The van der Waals surface area contributed by atoms with E-state index in [-0.39, 0.29) is 13.4 Å². The fraction of sp³-hybridized carbons (Fsp3) is 0. The molecule has 0 bridgehead atoms. The molecule has 6 heterocycles. The van der Waals surface area contributed by atoms with E-state index >= 15 is 0 Å². The molecule has 0 N–H and O–H groups in total. The van der Waals surface area contributed by atoms with Crippen molar-refractivity contribution in [1.29, 1.82) is 0 Å². The quantitative estimate of drug-likeness (QED) is 0.122. The summed E-state index contributed by atoms with van der Waals surface area (Å²) in [4.78, 5) is 10.2. The van der Waals surface area contributed by atoms with Crippen LogP contribution in [-0.4, -0.2) is 22.6 Å². The molecule has 16 aromatic carbocycles.